The van der Waals surface area contributed by atoms with Gasteiger partial charge in [0.05, 0.1) is 34.8 Å². The summed E-state index contributed by atoms with van der Waals surface area (Å²) in [7, 11) is 0. The number of nitrogens with one attached hydrogen (secondary N) is 1. The van der Waals surface area contributed by atoms with E-state index in [1.165, 1.54) is 12.3 Å². The third-order valence-corrected chi connectivity index (χ3v) is 7.65. The number of nitrogens with zero attached hydrogens (tertiary/aromatic N) is 5. The Balaban J connectivity index is 1.32. The fraction of sp³-hybridized carbons (Fsp3) is 0.387. The van der Waals surface area contributed by atoms with E-state index in [0.717, 1.165) is 48.4 Å². The first-order valence-electron chi connectivity index (χ1n) is 13.7. The van der Waals surface area contributed by atoms with E-state index in [9.17, 15) is 20.0 Å². The van der Waals surface area contributed by atoms with Crippen molar-refractivity contribution in [1.29, 1.82) is 5.26 Å². The smallest absolute Gasteiger partial charge is 0.248 e. The molecular weight excluding hydrogens is 520 g/mol. The van der Waals surface area contributed by atoms with Crippen LogP contribution in [0.25, 0.3) is 16.6 Å². The zero-order valence-electron chi connectivity index (χ0n) is 23.8. The van der Waals surface area contributed by atoms with Crippen LogP contribution >= 0.6 is 0 Å². The highest BCUT2D eigenvalue weighted by molar-refractivity contribution is 5.96. The van der Waals surface area contributed by atoms with Crippen molar-refractivity contribution in [1.82, 2.24) is 19.6 Å². The van der Waals surface area contributed by atoms with Crippen LogP contribution in [0.5, 0.6) is 5.75 Å². The van der Waals surface area contributed by atoms with Crippen molar-refractivity contribution in [3.05, 3.63) is 76.1 Å². The average Bonchev–Trinajstić information content (AvgIpc) is 3.36. The van der Waals surface area contributed by atoms with Gasteiger partial charge in [-0.1, -0.05) is 13.0 Å². The number of aliphatic hydroxyl groups is 1. The van der Waals surface area contributed by atoms with E-state index in [-0.39, 0.29) is 23.4 Å². The van der Waals surface area contributed by atoms with Gasteiger partial charge in [0.25, 0.3) is 0 Å². The number of nitriles is 1. The van der Waals surface area contributed by atoms with E-state index in [1.54, 1.807) is 36.8 Å². The maximum atomic E-state index is 13.0. The Morgan fingerprint density at radius 2 is 1.98 bits per heavy atom. The van der Waals surface area contributed by atoms with Crippen LogP contribution in [-0.2, 0) is 0 Å². The number of hydrogen-bond donors (Lipinski definition) is 2. The Labute approximate surface area is 238 Å². The van der Waals surface area contributed by atoms with Gasteiger partial charge in [0.2, 0.25) is 5.56 Å². The van der Waals surface area contributed by atoms with Gasteiger partial charge < -0.3 is 19.7 Å². The number of anilines is 1. The molecule has 0 aliphatic carbocycles. The van der Waals surface area contributed by atoms with E-state index in [1.807, 2.05) is 25.1 Å². The molecule has 4 aromatic rings. The lowest BCUT2D eigenvalue weighted by atomic mass is 9.76. The summed E-state index contributed by atoms with van der Waals surface area (Å²) in [5.74, 6) is 1.33. The largest absolute Gasteiger partial charge is 0.489 e. The van der Waals surface area contributed by atoms with Gasteiger partial charge in [0.15, 0.2) is 5.78 Å². The fourth-order valence-corrected chi connectivity index (χ4v) is 5.24. The minimum absolute atomic E-state index is 0.0321. The maximum absolute atomic E-state index is 13.0. The van der Waals surface area contributed by atoms with Crippen LogP contribution in [0.15, 0.2) is 53.7 Å². The average molecular weight is 555 g/mol. The van der Waals surface area contributed by atoms with Crippen molar-refractivity contribution in [2.24, 2.45) is 5.41 Å². The third-order valence-electron chi connectivity index (χ3n) is 7.65. The van der Waals surface area contributed by atoms with Gasteiger partial charge in [-0.25, -0.2) is 9.50 Å². The van der Waals surface area contributed by atoms with E-state index in [0.29, 0.717) is 28.9 Å². The lowest BCUT2D eigenvalue weighted by molar-refractivity contribution is 0.0283. The fourth-order valence-electron chi connectivity index (χ4n) is 5.24. The van der Waals surface area contributed by atoms with Crippen LogP contribution in [0.1, 0.15) is 61.6 Å². The molecule has 0 saturated carbocycles. The third kappa shape index (κ3) is 6.15. The highest BCUT2D eigenvalue weighted by Crippen LogP contribution is 2.37. The van der Waals surface area contributed by atoms with Crippen molar-refractivity contribution < 1.29 is 14.6 Å². The molecule has 1 aliphatic rings. The lowest BCUT2D eigenvalue weighted by Crippen LogP contribution is -2.40. The summed E-state index contributed by atoms with van der Waals surface area (Å²) in [6.07, 6.45) is 7.01. The molecule has 41 heavy (non-hydrogen) atoms. The topological polar surface area (TPSA) is 137 Å². The molecule has 10 nitrogen and oxygen atoms in total. The molecule has 4 aromatic heterocycles. The monoisotopic (exact) mass is 554 g/mol. The van der Waals surface area contributed by atoms with Crippen LogP contribution in [0.2, 0.25) is 0 Å². The highest BCUT2D eigenvalue weighted by atomic mass is 16.5. The summed E-state index contributed by atoms with van der Waals surface area (Å²) >= 11 is 0. The molecule has 0 aromatic carbocycles. The van der Waals surface area contributed by atoms with Gasteiger partial charge in [-0.2, -0.15) is 10.4 Å². The number of aromatic amines is 1. The quantitative estimate of drug-likeness (QED) is 0.308. The first kappa shape index (κ1) is 28.1. The standard InChI is InChI=1S/C31H34N6O4/c1-20-5-8-27(39)35-28(20)25(38)14-31(4)9-11-36(12-10-31)26-7-6-21(16-33-26)24-13-23(41-19-30(2,3)40)18-37-29(24)22(15-32)17-34-37/h5-8,13,16-18,40H,9-12,14,19H2,1-4H3,(H,35,39). The van der Waals surface area contributed by atoms with Gasteiger partial charge in [-0.15, -0.1) is 0 Å². The Bertz CT molecular complexity index is 1680. The second kappa shape index (κ2) is 10.8. The first-order chi connectivity index (χ1) is 19.4. The number of aryl methyl sites for hydroxylation is 1. The number of Topliss-reactive ketones (excluding diaryl/α,β-unsaturated/α-hetero) is 1. The van der Waals surface area contributed by atoms with Crippen LogP contribution in [-0.4, -0.2) is 55.8 Å². The Morgan fingerprint density at radius 3 is 2.63 bits per heavy atom. The molecule has 10 heteroatoms. The first-order valence-corrected chi connectivity index (χ1v) is 13.7. The number of ketones is 1. The van der Waals surface area contributed by atoms with Gasteiger partial charge >= 0.3 is 0 Å². The van der Waals surface area contributed by atoms with Crippen LogP contribution in [0.4, 0.5) is 5.82 Å². The predicted molar refractivity (Wildman–Crippen MR) is 155 cm³/mol. The van der Waals surface area contributed by atoms with Crippen molar-refractivity contribution in [3.63, 3.8) is 0 Å². The van der Waals surface area contributed by atoms with Crippen molar-refractivity contribution in [2.75, 3.05) is 24.6 Å². The van der Waals surface area contributed by atoms with Gasteiger partial charge in [0.1, 0.15) is 24.2 Å². The zero-order chi connectivity index (χ0) is 29.4. The number of H-pyrrole nitrogens is 1. The van der Waals surface area contributed by atoms with Crippen LogP contribution < -0.4 is 15.2 Å². The van der Waals surface area contributed by atoms with Crippen LogP contribution in [0, 0.1) is 23.7 Å². The summed E-state index contributed by atoms with van der Waals surface area (Å²) in [4.78, 5) is 34.4. The zero-order valence-corrected chi connectivity index (χ0v) is 23.8. The minimum atomic E-state index is -1.00. The minimum Gasteiger partial charge on any atom is -0.489 e. The molecule has 212 valence electrons. The molecule has 0 spiro atoms. The summed E-state index contributed by atoms with van der Waals surface area (Å²) in [5.41, 5.74) is 2.41. The Hall–Kier alpha value is -4.49. The number of pyridine rings is 3. The molecule has 2 N–H and O–H groups in total. The highest BCUT2D eigenvalue weighted by Gasteiger charge is 2.33. The number of ether oxygens (including phenoxy) is 1. The summed E-state index contributed by atoms with van der Waals surface area (Å²) < 4.78 is 7.44. The number of piperidine rings is 1. The molecule has 1 fully saturated rings. The van der Waals surface area contributed by atoms with Gasteiger partial charge in [-0.3, -0.25) is 9.59 Å². The van der Waals surface area contributed by atoms with Crippen molar-refractivity contribution >= 4 is 17.1 Å². The van der Waals surface area contributed by atoms with Gasteiger partial charge in [-0.05, 0) is 62.8 Å². The molecule has 5 heterocycles. The number of carbonyl (C=O) groups excluding carboxylic acids is 1. The number of aromatic nitrogens is 4. The second-order valence-electron chi connectivity index (χ2n) is 11.8. The molecule has 0 unspecified atom stereocenters. The number of fused-ring (bicyclic) bond motifs is 1. The second-order valence-corrected chi connectivity index (χ2v) is 11.8. The van der Waals surface area contributed by atoms with Gasteiger partial charge in [0, 0.05) is 42.9 Å². The summed E-state index contributed by atoms with van der Waals surface area (Å²) in [6, 6.07) is 11.1. The van der Waals surface area contributed by atoms with E-state index >= 15 is 0 Å². The molecule has 0 amide bonds. The van der Waals surface area contributed by atoms with Crippen molar-refractivity contribution in [2.45, 2.75) is 52.6 Å². The van der Waals surface area contributed by atoms with E-state index < -0.39 is 5.60 Å². The molecule has 1 aliphatic heterocycles. The SMILES string of the molecule is Cc1ccc(=O)[nH]c1C(=O)CC1(C)CCN(c2ccc(-c3cc(OCC(C)(C)O)cn4ncc(C#N)c34)cn2)CC1. The Morgan fingerprint density at radius 1 is 1.22 bits per heavy atom. The predicted octanol–water partition coefficient (Wildman–Crippen LogP) is 4.29. The number of hydrogen-bond acceptors (Lipinski definition) is 8. The summed E-state index contributed by atoms with van der Waals surface area (Å²) in [5, 5.41) is 24.1. The molecule has 0 radical (unpaired) electrons. The molecule has 0 bridgehead atoms. The summed E-state index contributed by atoms with van der Waals surface area (Å²) in [6.45, 7) is 8.92. The molecule has 1 saturated heterocycles. The van der Waals surface area contributed by atoms with Crippen molar-refractivity contribution in [3.8, 4) is 22.9 Å². The Kier molecular flexibility index (Phi) is 7.41. The number of carbonyl (C=O) groups is 1. The molecule has 5 rings (SSSR count). The lowest BCUT2D eigenvalue weighted by Gasteiger charge is -2.39. The van der Waals surface area contributed by atoms with E-state index in [2.05, 4.69) is 28.0 Å². The number of rotatable bonds is 8. The van der Waals surface area contributed by atoms with Crippen LogP contribution in [0.3, 0.4) is 0 Å². The molecular formula is C31H34N6O4. The maximum Gasteiger partial charge on any atom is 0.248 e. The normalized spacial score (nSPS) is 15.1. The van der Waals surface area contributed by atoms with E-state index in [4.69, 9.17) is 9.72 Å². The molecule has 0 atom stereocenters.